The lowest BCUT2D eigenvalue weighted by Gasteiger charge is -2.22. The van der Waals surface area contributed by atoms with Crippen LogP contribution in [0.1, 0.15) is 52.1 Å². The molecule has 0 aliphatic rings. The SMILES string of the molecule is CCNC(CC(C)CC)c1ccc(OCC)cc1. The van der Waals surface area contributed by atoms with E-state index in [-0.39, 0.29) is 0 Å². The topological polar surface area (TPSA) is 21.3 Å². The quantitative estimate of drug-likeness (QED) is 0.746. The molecule has 1 aromatic rings. The van der Waals surface area contributed by atoms with Gasteiger partial charge in [-0.05, 0) is 43.5 Å². The van der Waals surface area contributed by atoms with Crippen LogP contribution < -0.4 is 10.1 Å². The van der Waals surface area contributed by atoms with Crippen molar-refractivity contribution in [1.29, 1.82) is 0 Å². The van der Waals surface area contributed by atoms with Gasteiger partial charge in [0.15, 0.2) is 0 Å². The predicted octanol–water partition coefficient (Wildman–Crippen LogP) is 4.17. The number of nitrogens with one attached hydrogen (secondary N) is 1. The van der Waals surface area contributed by atoms with E-state index in [1.807, 2.05) is 6.92 Å². The summed E-state index contributed by atoms with van der Waals surface area (Å²) < 4.78 is 5.48. The maximum absolute atomic E-state index is 5.48. The van der Waals surface area contributed by atoms with Crippen LogP contribution in [0.5, 0.6) is 5.75 Å². The monoisotopic (exact) mass is 249 g/mol. The molecule has 2 atom stereocenters. The van der Waals surface area contributed by atoms with Crippen molar-refractivity contribution >= 4 is 0 Å². The van der Waals surface area contributed by atoms with Crippen LogP contribution in [0.3, 0.4) is 0 Å². The van der Waals surface area contributed by atoms with E-state index in [4.69, 9.17) is 4.74 Å². The third kappa shape index (κ3) is 4.69. The highest BCUT2D eigenvalue weighted by molar-refractivity contribution is 5.29. The van der Waals surface area contributed by atoms with Crippen LogP contribution in [-0.4, -0.2) is 13.2 Å². The first kappa shape index (κ1) is 15.0. The van der Waals surface area contributed by atoms with Crippen molar-refractivity contribution in [1.82, 2.24) is 5.32 Å². The maximum atomic E-state index is 5.48. The Bertz CT molecular complexity index is 320. The summed E-state index contributed by atoms with van der Waals surface area (Å²) in [6, 6.07) is 8.96. The van der Waals surface area contributed by atoms with E-state index in [1.54, 1.807) is 0 Å². The summed E-state index contributed by atoms with van der Waals surface area (Å²) in [4.78, 5) is 0. The Morgan fingerprint density at radius 3 is 2.28 bits per heavy atom. The van der Waals surface area contributed by atoms with Crippen molar-refractivity contribution in [3.8, 4) is 5.75 Å². The first-order valence-corrected chi connectivity index (χ1v) is 7.17. The summed E-state index contributed by atoms with van der Waals surface area (Å²) in [7, 11) is 0. The largest absolute Gasteiger partial charge is 0.494 e. The molecule has 1 aromatic carbocycles. The highest BCUT2D eigenvalue weighted by Crippen LogP contribution is 2.24. The highest BCUT2D eigenvalue weighted by Gasteiger charge is 2.13. The Morgan fingerprint density at radius 1 is 1.11 bits per heavy atom. The molecule has 0 aliphatic carbocycles. The fraction of sp³-hybridized carbons (Fsp3) is 0.625. The Hall–Kier alpha value is -1.02. The molecular formula is C16H27NO. The van der Waals surface area contributed by atoms with Crippen molar-refractivity contribution in [3.63, 3.8) is 0 Å². The molecule has 0 amide bonds. The van der Waals surface area contributed by atoms with Crippen molar-refractivity contribution in [3.05, 3.63) is 29.8 Å². The van der Waals surface area contributed by atoms with Crippen molar-refractivity contribution in [2.45, 2.75) is 46.6 Å². The lowest BCUT2D eigenvalue weighted by molar-refractivity contribution is 0.339. The van der Waals surface area contributed by atoms with E-state index in [2.05, 4.69) is 50.4 Å². The van der Waals surface area contributed by atoms with Gasteiger partial charge in [0.05, 0.1) is 6.61 Å². The minimum absolute atomic E-state index is 0.459. The van der Waals surface area contributed by atoms with Crippen LogP contribution in [0.15, 0.2) is 24.3 Å². The van der Waals surface area contributed by atoms with Crippen LogP contribution in [-0.2, 0) is 0 Å². The summed E-state index contributed by atoms with van der Waals surface area (Å²) in [6.45, 7) is 10.5. The minimum Gasteiger partial charge on any atom is -0.494 e. The second-order valence-electron chi connectivity index (χ2n) is 4.86. The van der Waals surface area contributed by atoms with E-state index in [9.17, 15) is 0 Å². The van der Waals surface area contributed by atoms with Crippen molar-refractivity contribution in [2.75, 3.05) is 13.2 Å². The van der Waals surface area contributed by atoms with Crippen LogP contribution in [0.4, 0.5) is 0 Å². The molecule has 2 nitrogen and oxygen atoms in total. The first-order valence-electron chi connectivity index (χ1n) is 7.17. The summed E-state index contributed by atoms with van der Waals surface area (Å²) >= 11 is 0. The van der Waals surface area contributed by atoms with Gasteiger partial charge in [-0.2, -0.15) is 0 Å². The Kier molecular flexibility index (Phi) is 6.81. The summed E-state index contributed by atoms with van der Waals surface area (Å²) in [5.41, 5.74) is 1.36. The zero-order valence-corrected chi connectivity index (χ0v) is 12.2. The summed E-state index contributed by atoms with van der Waals surface area (Å²) in [5.74, 6) is 1.71. The van der Waals surface area contributed by atoms with E-state index in [1.165, 1.54) is 18.4 Å². The standard InChI is InChI=1S/C16H27NO/c1-5-13(4)12-16(17-6-2)14-8-10-15(11-9-14)18-7-3/h8-11,13,16-17H,5-7,12H2,1-4H3. The van der Waals surface area contributed by atoms with Crippen molar-refractivity contribution in [2.24, 2.45) is 5.92 Å². The van der Waals surface area contributed by atoms with Crippen molar-refractivity contribution < 1.29 is 4.74 Å². The zero-order valence-electron chi connectivity index (χ0n) is 12.2. The number of ether oxygens (including phenoxy) is 1. The zero-order chi connectivity index (χ0) is 13.4. The van der Waals surface area contributed by atoms with Gasteiger partial charge in [-0.25, -0.2) is 0 Å². The minimum atomic E-state index is 0.459. The number of benzene rings is 1. The van der Waals surface area contributed by atoms with Gasteiger partial charge in [0, 0.05) is 6.04 Å². The van der Waals surface area contributed by atoms with Crippen LogP contribution in [0.25, 0.3) is 0 Å². The molecule has 0 radical (unpaired) electrons. The highest BCUT2D eigenvalue weighted by atomic mass is 16.5. The molecule has 0 heterocycles. The Morgan fingerprint density at radius 2 is 1.78 bits per heavy atom. The van der Waals surface area contributed by atoms with Gasteiger partial charge in [-0.3, -0.25) is 0 Å². The second-order valence-corrected chi connectivity index (χ2v) is 4.86. The third-order valence-electron chi connectivity index (χ3n) is 3.38. The average molecular weight is 249 g/mol. The fourth-order valence-electron chi connectivity index (χ4n) is 2.12. The van der Waals surface area contributed by atoms with Gasteiger partial charge in [0.1, 0.15) is 5.75 Å². The molecule has 0 spiro atoms. The van der Waals surface area contributed by atoms with Gasteiger partial charge in [0.25, 0.3) is 0 Å². The maximum Gasteiger partial charge on any atom is 0.119 e. The molecule has 0 aliphatic heterocycles. The molecule has 1 N–H and O–H groups in total. The molecule has 0 saturated carbocycles. The van der Waals surface area contributed by atoms with Gasteiger partial charge < -0.3 is 10.1 Å². The fourth-order valence-corrected chi connectivity index (χ4v) is 2.12. The second kappa shape index (κ2) is 8.15. The molecule has 2 unspecified atom stereocenters. The molecule has 2 heteroatoms. The Balaban J connectivity index is 2.71. The van der Waals surface area contributed by atoms with Crippen LogP contribution >= 0.6 is 0 Å². The molecule has 0 bridgehead atoms. The number of hydrogen-bond acceptors (Lipinski definition) is 2. The molecule has 1 rings (SSSR count). The predicted molar refractivity (Wildman–Crippen MR) is 78.1 cm³/mol. The van der Waals surface area contributed by atoms with Crippen LogP contribution in [0.2, 0.25) is 0 Å². The lowest BCUT2D eigenvalue weighted by atomic mass is 9.94. The third-order valence-corrected chi connectivity index (χ3v) is 3.38. The van der Waals surface area contributed by atoms with Crippen LogP contribution in [0, 0.1) is 5.92 Å². The number of rotatable bonds is 8. The average Bonchev–Trinajstić information content (AvgIpc) is 2.39. The molecule has 0 saturated heterocycles. The van der Waals surface area contributed by atoms with Gasteiger partial charge in [-0.1, -0.05) is 39.3 Å². The normalized spacial score (nSPS) is 14.2. The number of hydrogen-bond donors (Lipinski definition) is 1. The molecular weight excluding hydrogens is 222 g/mol. The Labute approximate surface area is 112 Å². The van der Waals surface area contributed by atoms with E-state index < -0.39 is 0 Å². The first-order chi connectivity index (χ1) is 8.71. The van der Waals surface area contributed by atoms with Gasteiger partial charge >= 0.3 is 0 Å². The summed E-state index contributed by atoms with van der Waals surface area (Å²) in [6.07, 6.45) is 2.43. The van der Waals surface area contributed by atoms with Gasteiger partial charge in [-0.15, -0.1) is 0 Å². The van der Waals surface area contributed by atoms with E-state index in [0.717, 1.165) is 24.8 Å². The van der Waals surface area contributed by atoms with E-state index >= 15 is 0 Å². The van der Waals surface area contributed by atoms with Gasteiger partial charge in [0.2, 0.25) is 0 Å². The molecule has 102 valence electrons. The molecule has 18 heavy (non-hydrogen) atoms. The lowest BCUT2D eigenvalue weighted by Crippen LogP contribution is -2.22. The summed E-state index contributed by atoms with van der Waals surface area (Å²) in [5, 5.41) is 3.57. The van der Waals surface area contributed by atoms with E-state index in [0.29, 0.717) is 6.04 Å². The molecule has 0 fully saturated rings. The molecule has 0 aromatic heterocycles. The smallest absolute Gasteiger partial charge is 0.119 e.